The first-order chi connectivity index (χ1) is 12.1. The monoisotopic (exact) mass is 337 g/mol. The molecule has 0 heterocycles. The van der Waals surface area contributed by atoms with Gasteiger partial charge in [-0.25, -0.2) is 0 Å². The molecule has 1 aromatic rings. The van der Waals surface area contributed by atoms with Crippen LogP contribution in [0.25, 0.3) is 0 Å². The molecule has 25 heavy (non-hydrogen) atoms. The highest BCUT2D eigenvalue weighted by atomic mass is 16.5. The van der Waals surface area contributed by atoms with Crippen molar-refractivity contribution in [1.29, 1.82) is 0 Å². The van der Waals surface area contributed by atoms with Gasteiger partial charge in [-0.2, -0.15) is 0 Å². The maximum Gasteiger partial charge on any atom is 0.206 e. The van der Waals surface area contributed by atoms with Gasteiger partial charge in [0.1, 0.15) is 25.5 Å². The van der Waals surface area contributed by atoms with Crippen LogP contribution in [0, 0.1) is 35.5 Å². The Morgan fingerprint density at radius 1 is 0.800 bits per heavy atom. The Morgan fingerprint density at radius 3 is 1.84 bits per heavy atom. The molecule has 0 atom stereocenters. The van der Waals surface area contributed by atoms with Crippen LogP contribution in [0.2, 0.25) is 0 Å². The Morgan fingerprint density at radius 2 is 1.32 bits per heavy atom. The molecule has 0 bridgehead atoms. The molecule has 0 radical (unpaired) electrons. The molecule has 0 aliphatic rings. The number of rotatable bonds is 7. The number of benzene rings is 1. The first-order valence-corrected chi connectivity index (χ1v) is 7.90. The average Bonchev–Trinajstić information content (AvgIpc) is 2.58. The van der Waals surface area contributed by atoms with Gasteiger partial charge in [-0.05, 0) is 46.8 Å². The average molecular weight is 337 g/mol. The van der Waals surface area contributed by atoms with Crippen molar-refractivity contribution in [3.63, 3.8) is 0 Å². The highest BCUT2D eigenvalue weighted by molar-refractivity contribution is 5.84. The lowest BCUT2D eigenvalue weighted by Gasteiger charge is -2.16. The van der Waals surface area contributed by atoms with Gasteiger partial charge in [-0.15, -0.1) is 17.8 Å². The molecule has 0 aliphatic carbocycles. The highest BCUT2D eigenvalue weighted by Gasteiger charge is 2.17. The molecule has 0 aliphatic heterocycles. The standard InChI is InChI=1S/C21H23NO3/c1-6-9-14-23-19-13-12-18(22-17(4)5)20(24-15-10-7-2)21(19)25-16-11-8-3/h12-13H,14-16H2,1-5H3. The zero-order valence-corrected chi connectivity index (χ0v) is 15.4. The molecule has 0 unspecified atom stereocenters. The zero-order chi connectivity index (χ0) is 18.5. The van der Waals surface area contributed by atoms with E-state index in [2.05, 4.69) is 40.5 Å². The fourth-order valence-corrected chi connectivity index (χ4v) is 1.80. The van der Waals surface area contributed by atoms with Crippen LogP contribution >= 0.6 is 0 Å². The van der Waals surface area contributed by atoms with Gasteiger partial charge >= 0.3 is 0 Å². The number of aliphatic imine (C=N–C) groups is 1. The molecule has 1 rings (SSSR count). The lowest BCUT2D eigenvalue weighted by Crippen LogP contribution is -2.04. The molecule has 4 nitrogen and oxygen atoms in total. The summed E-state index contributed by atoms with van der Waals surface area (Å²) in [4.78, 5) is 4.51. The van der Waals surface area contributed by atoms with E-state index in [9.17, 15) is 0 Å². The molecule has 1 aromatic carbocycles. The zero-order valence-electron chi connectivity index (χ0n) is 15.4. The summed E-state index contributed by atoms with van der Waals surface area (Å²) in [6.45, 7) is 9.83. The van der Waals surface area contributed by atoms with E-state index in [4.69, 9.17) is 14.2 Å². The summed E-state index contributed by atoms with van der Waals surface area (Å²) < 4.78 is 17.3. The van der Waals surface area contributed by atoms with Crippen molar-refractivity contribution in [2.45, 2.75) is 34.6 Å². The van der Waals surface area contributed by atoms with Gasteiger partial charge in [-0.3, -0.25) is 4.99 Å². The molecule has 130 valence electrons. The predicted molar refractivity (Wildman–Crippen MR) is 102 cm³/mol. The Labute approximate surface area is 150 Å². The molecule has 4 heteroatoms. The normalized spacial score (nSPS) is 8.52. The molecule has 0 fully saturated rings. The molecular weight excluding hydrogens is 314 g/mol. The van der Waals surface area contributed by atoms with Gasteiger partial charge in [0.15, 0.2) is 11.5 Å². The summed E-state index contributed by atoms with van der Waals surface area (Å²) in [6, 6.07) is 3.63. The lowest BCUT2D eigenvalue weighted by atomic mass is 10.2. The minimum atomic E-state index is 0.223. The van der Waals surface area contributed by atoms with Gasteiger partial charge in [0, 0.05) is 5.71 Å². The van der Waals surface area contributed by atoms with E-state index in [1.165, 1.54) is 0 Å². The van der Waals surface area contributed by atoms with Crippen LogP contribution in [0.3, 0.4) is 0 Å². The van der Waals surface area contributed by atoms with Crippen LogP contribution in [-0.2, 0) is 0 Å². The Kier molecular flexibility index (Phi) is 9.20. The number of hydrogen-bond acceptors (Lipinski definition) is 4. The van der Waals surface area contributed by atoms with E-state index in [0.29, 0.717) is 22.9 Å². The topological polar surface area (TPSA) is 40.0 Å². The van der Waals surface area contributed by atoms with Crippen LogP contribution < -0.4 is 14.2 Å². The Hall–Kier alpha value is -3.03. The van der Waals surface area contributed by atoms with Gasteiger partial charge in [0.05, 0.1) is 0 Å². The van der Waals surface area contributed by atoms with Gasteiger partial charge in [0.2, 0.25) is 5.75 Å². The van der Waals surface area contributed by atoms with E-state index < -0.39 is 0 Å². The molecule has 0 saturated heterocycles. The fourth-order valence-electron chi connectivity index (χ4n) is 1.80. The summed E-state index contributed by atoms with van der Waals surface area (Å²) in [6.07, 6.45) is 0. The first kappa shape index (κ1) is 20.0. The van der Waals surface area contributed by atoms with Crippen LogP contribution in [0.1, 0.15) is 34.6 Å². The van der Waals surface area contributed by atoms with Crippen LogP contribution in [0.15, 0.2) is 17.1 Å². The van der Waals surface area contributed by atoms with Crippen LogP contribution in [-0.4, -0.2) is 25.5 Å². The fraction of sp³-hybridized carbons (Fsp3) is 0.381. The van der Waals surface area contributed by atoms with Gasteiger partial charge in [0.25, 0.3) is 0 Å². The van der Waals surface area contributed by atoms with Gasteiger partial charge < -0.3 is 14.2 Å². The molecule has 0 N–H and O–H groups in total. The molecule has 0 saturated carbocycles. The van der Waals surface area contributed by atoms with Crippen molar-refractivity contribution >= 4 is 11.4 Å². The number of ether oxygens (including phenoxy) is 3. The van der Waals surface area contributed by atoms with E-state index in [1.807, 2.05) is 19.9 Å². The van der Waals surface area contributed by atoms with Crippen LogP contribution in [0.5, 0.6) is 17.2 Å². The SMILES string of the molecule is CC#CCOc1ccc(N=C(C)C)c(OCC#CC)c1OCC#CC. The third-order valence-corrected chi connectivity index (χ3v) is 2.81. The number of hydrogen-bond donors (Lipinski definition) is 0. The van der Waals surface area contributed by atoms with Crippen molar-refractivity contribution in [3.8, 4) is 52.8 Å². The quantitative estimate of drug-likeness (QED) is 0.558. The minimum absolute atomic E-state index is 0.223. The summed E-state index contributed by atoms with van der Waals surface area (Å²) in [7, 11) is 0. The molecule has 0 aromatic heterocycles. The van der Waals surface area contributed by atoms with Crippen molar-refractivity contribution in [2.75, 3.05) is 19.8 Å². The highest BCUT2D eigenvalue weighted by Crippen LogP contribution is 2.44. The molecule has 0 amide bonds. The Balaban J connectivity index is 3.35. The van der Waals surface area contributed by atoms with Crippen molar-refractivity contribution < 1.29 is 14.2 Å². The van der Waals surface area contributed by atoms with Crippen LogP contribution in [0.4, 0.5) is 5.69 Å². The van der Waals surface area contributed by atoms with Crippen molar-refractivity contribution in [3.05, 3.63) is 12.1 Å². The van der Waals surface area contributed by atoms with E-state index >= 15 is 0 Å². The summed E-state index contributed by atoms with van der Waals surface area (Å²) in [5.74, 6) is 18.5. The second-order valence-corrected chi connectivity index (χ2v) is 4.95. The molecular formula is C21H23NO3. The third-order valence-electron chi connectivity index (χ3n) is 2.81. The third kappa shape index (κ3) is 6.94. The summed E-state index contributed by atoms with van der Waals surface area (Å²) in [5, 5.41) is 0. The lowest BCUT2D eigenvalue weighted by molar-refractivity contribution is 0.286. The van der Waals surface area contributed by atoms with E-state index in [-0.39, 0.29) is 19.8 Å². The van der Waals surface area contributed by atoms with E-state index in [0.717, 1.165) is 5.71 Å². The van der Waals surface area contributed by atoms with Crippen molar-refractivity contribution in [1.82, 2.24) is 0 Å². The summed E-state index contributed by atoms with van der Waals surface area (Å²) >= 11 is 0. The maximum absolute atomic E-state index is 5.82. The second-order valence-electron chi connectivity index (χ2n) is 4.95. The smallest absolute Gasteiger partial charge is 0.206 e. The molecule has 0 spiro atoms. The van der Waals surface area contributed by atoms with E-state index in [1.54, 1.807) is 26.8 Å². The number of nitrogens with zero attached hydrogens (tertiary/aromatic N) is 1. The first-order valence-electron chi connectivity index (χ1n) is 7.90. The van der Waals surface area contributed by atoms with Gasteiger partial charge in [-0.1, -0.05) is 17.8 Å². The predicted octanol–water partition coefficient (Wildman–Crippen LogP) is 4.01. The Bertz CT molecular complexity index is 786. The minimum Gasteiger partial charge on any atom is -0.477 e. The van der Waals surface area contributed by atoms with Crippen molar-refractivity contribution in [2.24, 2.45) is 4.99 Å². The second kappa shape index (κ2) is 11.5. The summed E-state index contributed by atoms with van der Waals surface area (Å²) in [5.41, 5.74) is 1.56. The maximum atomic E-state index is 5.82. The largest absolute Gasteiger partial charge is 0.477 e.